The molecule has 0 unspecified atom stereocenters. The van der Waals surface area contributed by atoms with Gasteiger partial charge >= 0.3 is 0 Å². The lowest BCUT2D eigenvalue weighted by Crippen LogP contribution is -2.04. The highest BCUT2D eigenvalue weighted by Gasteiger charge is 1.98. The summed E-state index contributed by atoms with van der Waals surface area (Å²) in [7, 11) is -0.745. The molecule has 0 saturated heterocycles. The van der Waals surface area contributed by atoms with Gasteiger partial charge in [0.25, 0.3) is 0 Å². The third-order valence-corrected chi connectivity index (χ3v) is 3.05. The second-order valence-corrected chi connectivity index (χ2v) is 4.41. The van der Waals surface area contributed by atoms with E-state index in [4.69, 9.17) is 10.2 Å². The van der Waals surface area contributed by atoms with Gasteiger partial charge in [-0.1, -0.05) is 0 Å². The minimum Gasteiger partial charge on any atom is -0.396 e. The van der Waals surface area contributed by atoms with Crippen molar-refractivity contribution in [1.29, 1.82) is 0 Å². The van der Waals surface area contributed by atoms with Crippen molar-refractivity contribution in [3.63, 3.8) is 0 Å². The van der Waals surface area contributed by atoms with Gasteiger partial charge in [-0.05, 0) is 25.7 Å². The molecular weight excluding hydrogens is 176 g/mol. The van der Waals surface area contributed by atoms with E-state index >= 15 is 0 Å². The molecule has 0 aromatic heterocycles. The fourth-order valence-corrected chi connectivity index (χ4v) is 2.11. The number of hydrogen-bond acceptors (Lipinski definition) is 3. The maximum absolute atomic E-state index is 11.1. The van der Waals surface area contributed by atoms with Gasteiger partial charge in [0, 0.05) is 35.5 Å². The second-order valence-electron chi connectivity index (χ2n) is 2.71. The van der Waals surface area contributed by atoms with E-state index in [0.29, 0.717) is 11.5 Å². The van der Waals surface area contributed by atoms with Crippen molar-refractivity contribution in [2.75, 3.05) is 24.7 Å². The molecule has 0 spiro atoms. The van der Waals surface area contributed by atoms with Crippen LogP contribution in [0.3, 0.4) is 0 Å². The highest BCUT2D eigenvalue weighted by atomic mass is 32.2. The van der Waals surface area contributed by atoms with E-state index in [9.17, 15) is 4.21 Å². The Bertz CT molecular complexity index is 105. The van der Waals surface area contributed by atoms with Crippen molar-refractivity contribution in [2.24, 2.45) is 0 Å². The molecule has 0 atom stereocenters. The molecule has 0 aliphatic carbocycles. The molecule has 74 valence electrons. The van der Waals surface area contributed by atoms with Crippen LogP contribution in [0, 0.1) is 0 Å². The van der Waals surface area contributed by atoms with E-state index in [2.05, 4.69) is 0 Å². The van der Waals surface area contributed by atoms with Gasteiger partial charge in [0.2, 0.25) is 0 Å². The van der Waals surface area contributed by atoms with Crippen LogP contribution in [0.1, 0.15) is 25.7 Å². The van der Waals surface area contributed by atoms with E-state index < -0.39 is 10.8 Å². The minimum absolute atomic E-state index is 0.188. The largest absolute Gasteiger partial charge is 0.396 e. The highest BCUT2D eigenvalue weighted by Crippen LogP contribution is 1.96. The minimum atomic E-state index is -0.745. The topological polar surface area (TPSA) is 57.5 Å². The highest BCUT2D eigenvalue weighted by molar-refractivity contribution is 7.84. The molecular formula is C8H18O3S. The number of rotatable bonds is 8. The molecule has 2 N–H and O–H groups in total. The molecule has 0 heterocycles. The predicted octanol–water partition coefficient (Wildman–Crippen LogP) is 0.280. The molecule has 0 rings (SSSR count). The summed E-state index contributed by atoms with van der Waals surface area (Å²) in [5.74, 6) is 1.37. The molecule has 3 nitrogen and oxygen atoms in total. The van der Waals surface area contributed by atoms with E-state index in [-0.39, 0.29) is 13.2 Å². The normalized spacial score (nSPS) is 10.9. The molecule has 0 amide bonds. The Labute approximate surface area is 76.3 Å². The van der Waals surface area contributed by atoms with Gasteiger partial charge in [0.15, 0.2) is 0 Å². The molecule has 4 heteroatoms. The van der Waals surface area contributed by atoms with Crippen LogP contribution in [-0.2, 0) is 10.8 Å². The first-order chi connectivity index (χ1) is 5.81. The Morgan fingerprint density at radius 1 is 0.833 bits per heavy atom. The van der Waals surface area contributed by atoms with Gasteiger partial charge in [0.05, 0.1) is 0 Å². The zero-order valence-electron chi connectivity index (χ0n) is 7.37. The van der Waals surface area contributed by atoms with Crippen LogP contribution in [0.5, 0.6) is 0 Å². The summed E-state index contributed by atoms with van der Waals surface area (Å²) in [5.41, 5.74) is 0. The van der Waals surface area contributed by atoms with Crippen LogP contribution < -0.4 is 0 Å². The number of hydrogen-bond donors (Lipinski definition) is 2. The molecule has 0 bridgehead atoms. The Balaban J connectivity index is 3.10. The number of aliphatic hydroxyl groups is 2. The molecule has 0 fully saturated rings. The molecule has 0 saturated carbocycles. The molecule has 0 aromatic carbocycles. The Morgan fingerprint density at radius 2 is 1.25 bits per heavy atom. The SMILES string of the molecule is O=S(CCCCO)CCCCO. The monoisotopic (exact) mass is 194 g/mol. The third-order valence-electron chi connectivity index (χ3n) is 1.56. The van der Waals surface area contributed by atoms with Crippen molar-refractivity contribution in [3.05, 3.63) is 0 Å². The fraction of sp³-hybridized carbons (Fsp3) is 1.00. The van der Waals surface area contributed by atoms with Crippen molar-refractivity contribution in [1.82, 2.24) is 0 Å². The summed E-state index contributed by atoms with van der Waals surface area (Å²) in [5, 5.41) is 16.9. The average molecular weight is 194 g/mol. The summed E-state index contributed by atoms with van der Waals surface area (Å²) in [6, 6.07) is 0. The summed E-state index contributed by atoms with van der Waals surface area (Å²) < 4.78 is 11.1. The Hall–Kier alpha value is 0.0700. The predicted molar refractivity (Wildman–Crippen MR) is 50.5 cm³/mol. The van der Waals surface area contributed by atoms with Crippen molar-refractivity contribution >= 4 is 10.8 Å². The maximum Gasteiger partial charge on any atom is 0.0431 e. The van der Waals surface area contributed by atoms with Gasteiger partial charge in [-0.15, -0.1) is 0 Å². The first kappa shape index (κ1) is 12.1. The van der Waals surface area contributed by atoms with Crippen LogP contribution in [0.25, 0.3) is 0 Å². The maximum atomic E-state index is 11.1. The zero-order valence-corrected chi connectivity index (χ0v) is 8.18. The van der Waals surface area contributed by atoms with E-state index in [1.807, 2.05) is 0 Å². The lowest BCUT2D eigenvalue weighted by Gasteiger charge is -1.99. The molecule has 0 radical (unpaired) electrons. The van der Waals surface area contributed by atoms with E-state index in [0.717, 1.165) is 25.7 Å². The van der Waals surface area contributed by atoms with Crippen LogP contribution in [0.4, 0.5) is 0 Å². The van der Waals surface area contributed by atoms with Crippen molar-refractivity contribution in [2.45, 2.75) is 25.7 Å². The smallest absolute Gasteiger partial charge is 0.0431 e. The van der Waals surface area contributed by atoms with Gasteiger partial charge in [0.1, 0.15) is 0 Å². The Kier molecular flexibility index (Phi) is 9.21. The Morgan fingerprint density at radius 3 is 1.58 bits per heavy atom. The number of unbranched alkanes of at least 4 members (excludes halogenated alkanes) is 2. The van der Waals surface area contributed by atoms with Gasteiger partial charge in [-0.3, -0.25) is 4.21 Å². The van der Waals surface area contributed by atoms with Gasteiger partial charge in [-0.2, -0.15) is 0 Å². The van der Waals surface area contributed by atoms with Crippen molar-refractivity contribution in [3.8, 4) is 0 Å². The molecule has 0 aromatic rings. The zero-order chi connectivity index (χ0) is 9.23. The lowest BCUT2D eigenvalue weighted by atomic mass is 10.4. The summed E-state index contributed by atoms with van der Waals surface area (Å²) >= 11 is 0. The summed E-state index contributed by atoms with van der Waals surface area (Å²) in [4.78, 5) is 0. The van der Waals surface area contributed by atoms with Crippen molar-refractivity contribution < 1.29 is 14.4 Å². The molecule has 12 heavy (non-hydrogen) atoms. The fourth-order valence-electron chi connectivity index (χ4n) is 0.852. The van der Waals surface area contributed by atoms with Gasteiger partial charge in [-0.25, -0.2) is 0 Å². The molecule has 0 aliphatic rings. The molecule has 0 aliphatic heterocycles. The summed E-state index contributed by atoms with van der Waals surface area (Å²) in [6.45, 7) is 0.377. The van der Waals surface area contributed by atoms with Crippen LogP contribution in [-0.4, -0.2) is 39.1 Å². The van der Waals surface area contributed by atoms with Crippen LogP contribution >= 0.6 is 0 Å². The van der Waals surface area contributed by atoms with Gasteiger partial charge < -0.3 is 10.2 Å². The lowest BCUT2D eigenvalue weighted by molar-refractivity contribution is 0.287. The quantitative estimate of drug-likeness (QED) is 0.546. The van der Waals surface area contributed by atoms with E-state index in [1.54, 1.807) is 0 Å². The standard InChI is InChI=1S/C8H18O3S/c9-5-1-3-7-12(11)8-4-2-6-10/h9-10H,1-8H2. The second kappa shape index (κ2) is 9.16. The van der Waals surface area contributed by atoms with E-state index in [1.165, 1.54) is 0 Å². The summed E-state index contributed by atoms with van der Waals surface area (Å²) in [6.07, 6.45) is 3.15. The first-order valence-corrected chi connectivity index (χ1v) is 5.86. The number of aliphatic hydroxyl groups excluding tert-OH is 2. The third kappa shape index (κ3) is 8.17. The average Bonchev–Trinajstić information content (AvgIpc) is 2.06. The van der Waals surface area contributed by atoms with Crippen LogP contribution in [0.2, 0.25) is 0 Å². The first-order valence-electron chi connectivity index (χ1n) is 4.38. The van der Waals surface area contributed by atoms with Crippen LogP contribution in [0.15, 0.2) is 0 Å².